The third-order valence-corrected chi connectivity index (χ3v) is 5.25. The maximum absolute atomic E-state index is 12.7. The van der Waals surface area contributed by atoms with Crippen molar-refractivity contribution >= 4 is 35.1 Å². The molecule has 3 rings (SSSR count). The van der Waals surface area contributed by atoms with Gasteiger partial charge in [0.15, 0.2) is 0 Å². The molecule has 1 atom stereocenters. The predicted molar refractivity (Wildman–Crippen MR) is 96.4 cm³/mol. The van der Waals surface area contributed by atoms with Crippen molar-refractivity contribution < 1.29 is 14.7 Å². The number of nitrogens with zero attached hydrogens (tertiary/aromatic N) is 1. The maximum atomic E-state index is 12.7. The number of hydrogen-bond donors (Lipinski definition) is 3. The van der Waals surface area contributed by atoms with Gasteiger partial charge in [0, 0.05) is 30.2 Å². The third kappa shape index (κ3) is 4.30. The largest absolute Gasteiger partial charge is 0.506 e. The number of carbonyl (C=O) groups is 2. The number of aromatic hydroxyl groups is 1. The highest BCUT2D eigenvalue weighted by Crippen LogP contribution is 2.32. The smallest absolute Gasteiger partial charge is 0.315 e. The quantitative estimate of drug-likeness (QED) is 0.747. The Labute approximate surface area is 156 Å². The summed E-state index contributed by atoms with van der Waals surface area (Å²) in [4.78, 5) is 26.3. The Morgan fingerprint density at radius 1 is 1.08 bits per heavy atom. The van der Waals surface area contributed by atoms with E-state index in [4.69, 9.17) is 23.2 Å². The van der Waals surface area contributed by atoms with Crippen LogP contribution in [-0.2, 0) is 0 Å². The van der Waals surface area contributed by atoms with Crippen molar-refractivity contribution in [2.45, 2.75) is 44.2 Å². The van der Waals surface area contributed by atoms with E-state index in [1.807, 2.05) is 0 Å². The number of hydrogen-bond acceptors (Lipinski definition) is 3. The molecule has 1 aromatic rings. The van der Waals surface area contributed by atoms with Gasteiger partial charge >= 0.3 is 6.03 Å². The molecule has 25 heavy (non-hydrogen) atoms. The lowest BCUT2D eigenvalue weighted by Gasteiger charge is -2.34. The average Bonchev–Trinajstić information content (AvgIpc) is 2.54. The van der Waals surface area contributed by atoms with E-state index in [0.29, 0.717) is 13.1 Å². The Balaban J connectivity index is 1.62. The second-order valence-corrected chi connectivity index (χ2v) is 7.46. The Morgan fingerprint density at radius 2 is 1.76 bits per heavy atom. The van der Waals surface area contributed by atoms with E-state index in [-0.39, 0.29) is 45.4 Å². The van der Waals surface area contributed by atoms with Crippen molar-refractivity contribution in [3.05, 3.63) is 27.7 Å². The first-order valence-electron chi connectivity index (χ1n) is 8.48. The van der Waals surface area contributed by atoms with E-state index in [2.05, 4.69) is 10.6 Å². The van der Waals surface area contributed by atoms with Crippen molar-refractivity contribution in [2.75, 3.05) is 13.1 Å². The number of benzene rings is 1. The molecule has 2 fully saturated rings. The molecular weight excluding hydrogens is 365 g/mol. The Hall–Kier alpha value is -1.66. The fourth-order valence-corrected chi connectivity index (χ4v) is 3.64. The molecule has 8 heteroatoms. The van der Waals surface area contributed by atoms with E-state index in [1.54, 1.807) is 4.90 Å². The summed E-state index contributed by atoms with van der Waals surface area (Å²) in [5, 5.41) is 16.3. The molecule has 6 nitrogen and oxygen atoms in total. The molecule has 1 heterocycles. The van der Waals surface area contributed by atoms with Crippen LogP contribution in [0.5, 0.6) is 5.75 Å². The van der Waals surface area contributed by atoms with Gasteiger partial charge in [-0.1, -0.05) is 23.2 Å². The minimum Gasteiger partial charge on any atom is -0.506 e. The molecule has 3 amide bonds. The van der Waals surface area contributed by atoms with Crippen LogP contribution >= 0.6 is 23.2 Å². The second kappa shape index (κ2) is 7.70. The van der Waals surface area contributed by atoms with Crippen LogP contribution in [0, 0.1) is 0 Å². The number of phenols is 1. The number of halogens is 2. The number of nitrogens with one attached hydrogen (secondary N) is 2. The summed E-state index contributed by atoms with van der Waals surface area (Å²) in [6.45, 7) is 0.950. The van der Waals surface area contributed by atoms with Gasteiger partial charge < -0.3 is 20.6 Å². The Bertz CT molecular complexity index is 679. The molecule has 1 saturated heterocycles. The monoisotopic (exact) mass is 385 g/mol. The zero-order valence-electron chi connectivity index (χ0n) is 13.7. The van der Waals surface area contributed by atoms with E-state index in [0.717, 1.165) is 32.1 Å². The minimum absolute atomic E-state index is 0.0439. The fraction of sp³-hybridized carbons (Fsp3) is 0.529. The fourth-order valence-electron chi connectivity index (χ4n) is 3.14. The molecule has 136 valence electrons. The molecular formula is C17H21Cl2N3O3. The van der Waals surface area contributed by atoms with Crippen molar-refractivity contribution in [1.82, 2.24) is 15.5 Å². The SMILES string of the molecule is O=C(NC1CCC1)NC1CCCN(C(=O)c2cc(Cl)cc(Cl)c2O)C1. The summed E-state index contributed by atoms with van der Waals surface area (Å²) in [5.41, 5.74) is 0.0806. The van der Waals surface area contributed by atoms with Crippen molar-refractivity contribution in [3.63, 3.8) is 0 Å². The van der Waals surface area contributed by atoms with Crippen LogP contribution in [0.3, 0.4) is 0 Å². The van der Waals surface area contributed by atoms with Gasteiger partial charge in [0.1, 0.15) is 5.75 Å². The molecule has 0 radical (unpaired) electrons. The number of carbonyl (C=O) groups excluding carboxylic acids is 2. The lowest BCUT2D eigenvalue weighted by Crippen LogP contribution is -2.54. The van der Waals surface area contributed by atoms with Gasteiger partial charge in [-0.3, -0.25) is 4.79 Å². The number of urea groups is 1. The van der Waals surface area contributed by atoms with Gasteiger partial charge in [-0.15, -0.1) is 0 Å². The summed E-state index contributed by atoms with van der Waals surface area (Å²) in [6.07, 6.45) is 4.79. The van der Waals surface area contributed by atoms with Crippen molar-refractivity contribution in [1.29, 1.82) is 0 Å². The van der Waals surface area contributed by atoms with Crippen LogP contribution in [0.4, 0.5) is 4.79 Å². The number of rotatable bonds is 3. The van der Waals surface area contributed by atoms with Crippen molar-refractivity contribution in [2.24, 2.45) is 0 Å². The second-order valence-electron chi connectivity index (χ2n) is 6.62. The van der Waals surface area contributed by atoms with Crippen molar-refractivity contribution in [3.8, 4) is 5.75 Å². The predicted octanol–water partition coefficient (Wildman–Crippen LogP) is 3.16. The molecule has 1 saturated carbocycles. The van der Waals surface area contributed by atoms with Crippen LogP contribution in [-0.4, -0.2) is 47.1 Å². The molecule has 0 bridgehead atoms. The average molecular weight is 386 g/mol. The number of likely N-dealkylation sites (tertiary alicyclic amines) is 1. The topological polar surface area (TPSA) is 81.7 Å². The van der Waals surface area contributed by atoms with Crippen LogP contribution in [0.25, 0.3) is 0 Å². The van der Waals surface area contributed by atoms with E-state index < -0.39 is 0 Å². The summed E-state index contributed by atoms with van der Waals surface area (Å²) < 4.78 is 0. The molecule has 1 aliphatic carbocycles. The summed E-state index contributed by atoms with van der Waals surface area (Å²) in [7, 11) is 0. The summed E-state index contributed by atoms with van der Waals surface area (Å²) >= 11 is 11.8. The number of phenolic OH excluding ortho intramolecular Hbond substituents is 1. The first-order chi connectivity index (χ1) is 11.9. The zero-order valence-corrected chi connectivity index (χ0v) is 15.2. The molecule has 0 aromatic heterocycles. The molecule has 2 aliphatic rings. The van der Waals surface area contributed by atoms with Crippen LogP contribution in [0.1, 0.15) is 42.5 Å². The Kier molecular flexibility index (Phi) is 5.59. The molecule has 1 aliphatic heterocycles. The van der Waals surface area contributed by atoms with Gasteiger partial charge in [-0.25, -0.2) is 4.79 Å². The lowest BCUT2D eigenvalue weighted by atomic mass is 9.93. The molecule has 0 spiro atoms. The van der Waals surface area contributed by atoms with Gasteiger partial charge in [0.05, 0.1) is 10.6 Å². The first kappa shape index (κ1) is 18.1. The summed E-state index contributed by atoms with van der Waals surface area (Å²) in [5.74, 6) is -0.610. The number of amides is 3. The van der Waals surface area contributed by atoms with E-state index >= 15 is 0 Å². The Morgan fingerprint density at radius 3 is 2.44 bits per heavy atom. The standard InChI is InChI=1S/C17H21Cl2N3O3/c18-10-7-13(15(23)14(19)8-10)16(24)22-6-2-5-12(9-22)21-17(25)20-11-3-1-4-11/h7-8,11-12,23H,1-6,9H2,(H2,20,21,25). The van der Waals surface area contributed by atoms with Crippen LogP contribution < -0.4 is 10.6 Å². The highest BCUT2D eigenvalue weighted by molar-refractivity contribution is 6.36. The normalized spacial score (nSPS) is 20.7. The minimum atomic E-state index is -0.340. The van der Waals surface area contributed by atoms with Gasteiger partial charge in [-0.2, -0.15) is 0 Å². The molecule has 1 aromatic carbocycles. The molecule has 1 unspecified atom stereocenters. The van der Waals surface area contributed by atoms with E-state index in [1.165, 1.54) is 12.1 Å². The van der Waals surface area contributed by atoms with Gasteiger partial charge in [-0.05, 0) is 44.2 Å². The highest BCUT2D eigenvalue weighted by atomic mass is 35.5. The number of piperidine rings is 1. The highest BCUT2D eigenvalue weighted by Gasteiger charge is 2.28. The zero-order chi connectivity index (χ0) is 18.0. The van der Waals surface area contributed by atoms with Gasteiger partial charge in [0.2, 0.25) is 0 Å². The lowest BCUT2D eigenvalue weighted by molar-refractivity contribution is 0.0694. The summed E-state index contributed by atoms with van der Waals surface area (Å²) in [6, 6.07) is 2.77. The van der Waals surface area contributed by atoms with E-state index in [9.17, 15) is 14.7 Å². The van der Waals surface area contributed by atoms with Crippen LogP contribution in [0.2, 0.25) is 10.0 Å². The third-order valence-electron chi connectivity index (χ3n) is 4.74. The van der Waals surface area contributed by atoms with Gasteiger partial charge in [0.25, 0.3) is 5.91 Å². The maximum Gasteiger partial charge on any atom is 0.315 e. The molecule has 3 N–H and O–H groups in total. The van der Waals surface area contributed by atoms with Crippen LogP contribution in [0.15, 0.2) is 12.1 Å². The first-order valence-corrected chi connectivity index (χ1v) is 9.24.